The van der Waals surface area contributed by atoms with E-state index < -0.39 is 15.4 Å². The van der Waals surface area contributed by atoms with Crippen LogP contribution in [-0.4, -0.2) is 27.1 Å². The van der Waals surface area contributed by atoms with Gasteiger partial charge in [0.05, 0.1) is 24.0 Å². The minimum atomic E-state index is -3.62. The minimum Gasteiger partial charge on any atom is -0.497 e. The van der Waals surface area contributed by atoms with E-state index in [4.69, 9.17) is 4.74 Å². The molecule has 2 aliphatic carbocycles. The summed E-state index contributed by atoms with van der Waals surface area (Å²) in [5.41, 5.74) is -0.547. The van der Waals surface area contributed by atoms with Gasteiger partial charge in [0.1, 0.15) is 11.5 Å². The highest BCUT2D eigenvalue weighted by molar-refractivity contribution is 7.92. The van der Waals surface area contributed by atoms with Crippen LogP contribution in [0.4, 0.5) is 5.69 Å². The molecule has 0 heterocycles. The molecule has 0 radical (unpaired) electrons. The molecule has 2 aliphatic rings. The van der Waals surface area contributed by atoms with Crippen LogP contribution in [-0.2, 0) is 14.8 Å². The van der Waals surface area contributed by atoms with Gasteiger partial charge >= 0.3 is 0 Å². The van der Waals surface area contributed by atoms with Crippen molar-refractivity contribution in [3.63, 3.8) is 0 Å². The molecule has 2 saturated carbocycles. The molecule has 2 atom stereocenters. The number of sulfonamides is 1. The van der Waals surface area contributed by atoms with Crippen molar-refractivity contribution in [3.8, 4) is 5.75 Å². The Morgan fingerprint density at radius 3 is 2.65 bits per heavy atom. The summed E-state index contributed by atoms with van der Waals surface area (Å²) in [5.74, 6) is 0.859. The molecular weight excluding hydrogens is 314 g/mol. The number of carbonyl (C=O) groups excluding carboxylic acids is 1. The Kier molecular flexibility index (Phi) is 3.71. The van der Waals surface area contributed by atoms with Crippen LogP contribution in [0.15, 0.2) is 24.3 Å². The zero-order chi connectivity index (χ0) is 16.9. The molecule has 0 unspecified atom stereocenters. The van der Waals surface area contributed by atoms with E-state index in [1.165, 1.54) is 7.11 Å². The van der Waals surface area contributed by atoms with E-state index in [1.54, 1.807) is 24.3 Å². The number of nitrogens with one attached hydrogen (secondary N) is 1. The number of Topliss-reactive ketones (excluding diaryl/α,β-unsaturated/α-hetero) is 1. The summed E-state index contributed by atoms with van der Waals surface area (Å²) in [5, 5.41) is 0. The molecule has 3 rings (SSSR count). The molecule has 0 saturated heterocycles. The van der Waals surface area contributed by atoms with Crippen molar-refractivity contribution in [2.24, 2.45) is 16.7 Å². The predicted octanol–water partition coefficient (Wildman–Crippen LogP) is 2.83. The lowest BCUT2D eigenvalue weighted by molar-refractivity contribution is -0.128. The van der Waals surface area contributed by atoms with Gasteiger partial charge in [-0.3, -0.25) is 9.52 Å². The summed E-state index contributed by atoms with van der Waals surface area (Å²) >= 11 is 0. The summed E-state index contributed by atoms with van der Waals surface area (Å²) in [4.78, 5) is 12.5. The van der Waals surface area contributed by atoms with Gasteiger partial charge in [0.25, 0.3) is 0 Å². The highest BCUT2D eigenvalue weighted by Gasteiger charge is 2.65. The van der Waals surface area contributed by atoms with E-state index in [-0.39, 0.29) is 17.0 Å². The predicted molar refractivity (Wildman–Crippen MR) is 89.0 cm³/mol. The second-order valence-electron chi connectivity index (χ2n) is 7.26. The van der Waals surface area contributed by atoms with E-state index >= 15 is 0 Å². The molecule has 0 spiro atoms. The smallest absolute Gasteiger partial charge is 0.233 e. The van der Waals surface area contributed by atoms with Gasteiger partial charge in [-0.2, -0.15) is 0 Å². The van der Waals surface area contributed by atoms with Gasteiger partial charge in [0.2, 0.25) is 10.0 Å². The minimum absolute atomic E-state index is 0.106. The summed E-state index contributed by atoms with van der Waals surface area (Å²) in [6.45, 7) is 4.08. The maximum Gasteiger partial charge on any atom is 0.233 e. The normalized spacial score (nSPS) is 28.8. The molecule has 2 fully saturated rings. The largest absolute Gasteiger partial charge is 0.497 e. The number of methoxy groups -OCH3 is 1. The first-order valence-electron chi connectivity index (χ1n) is 7.88. The first-order valence-corrected chi connectivity index (χ1v) is 9.53. The third-order valence-corrected chi connectivity index (χ3v) is 7.34. The molecule has 0 aromatic heterocycles. The zero-order valence-corrected chi connectivity index (χ0v) is 14.6. The van der Waals surface area contributed by atoms with Gasteiger partial charge < -0.3 is 4.74 Å². The van der Waals surface area contributed by atoms with Crippen molar-refractivity contribution < 1.29 is 17.9 Å². The summed E-state index contributed by atoms with van der Waals surface area (Å²) < 4.78 is 33.0. The van der Waals surface area contributed by atoms with Gasteiger partial charge in [-0.05, 0) is 36.3 Å². The summed E-state index contributed by atoms with van der Waals surface area (Å²) in [6.07, 6.45) is 2.12. The van der Waals surface area contributed by atoms with Gasteiger partial charge in [0.15, 0.2) is 0 Å². The van der Waals surface area contributed by atoms with Crippen LogP contribution < -0.4 is 9.46 Å². The first-order chi connectivity index (χ1) is 10.7. The van der Waals surface area contributed by atoms with E-state index in [2.05, 4.69) is 4.72 Å². The van der Waals surface area contributed by atoms with Crippen LogP contribution in [0.5, 0.6) is 5.75 Å². The maximum atomic E-state index is 12.7. The number of benzene rings is 1. The molecule has 1 aromatic rings. The third-order valence-electron chi connectivity index (χ3n) is 5.92. The van der Waals surface area contributed by atoms with Crippen LogP contribution in [0, 0.1) is 16.7 Å². The lowest BCUT2D eigenvalue weighted by atomic mass is 9.70. The number of ketones is 1. The Hall–Kier alpha value is -1.56. The van der Waals surface area contributed by atoms with Gasteiger partial charge in [-0.25, -0.2) is 8.42 Å². The number of hydrogen-bond acceptors (Lipinski definition) is 4. The quantitative estimate of drug-likeness (QED) is 0.897. The molecular formula is C17H23NO4S. The molecule has 23 heavy (non-hydrogen) atoms. The fraction of sp³-hybridized carbons (Fsp3) is 0.588. The van der Waals surface area contributed by atoms with Gasteiger partial charge in [0, 0.05) is 12.5 Å². The molecule has 6 heteroatoms. The zero-order valence-electron chi connectivity index (χ0n) is 13.8. The van der Waals surface area contributed by atoms with Crippen molar-refractivity contribution >= 4 is 21.5 Å². The molecule has 2 bridgehead atoms. The lowest BCUT2D eigenvalue weighted by Gasteiger charge is -2.36. The van der Waals surface area contributed by atoms with E-state index in [0.717, 1.165) is 6.42 Å². The fourth-order valence-electron chi connectivity index (χ4n) is 4.33. The Bertz CT molecular complexity index is 741. The maximum absolute atomic E-state index is 12.7. The Morgan fingerprint density at radius 1 is 1.35 bits per heavy atom. The molecule has 1 aromatic carbocycles. The van der Waals surface area contributed by atoms with Crippen LogP contribution in [0.3, 0.4) is 0 Å². The number of anilines is 1. The Balaban J connectivity index is 1.85. The average molecular weight is 337 g/mol. The number of rotatable bonds is 5. The third kappa shape index (κ3) is 2.53. The topological polar surface area (TPSA) is 72.5 Å². The molecule has 1 N–H and O–H groups in total. The highest BCUT2D eigenvalue weighted by Crippen LogP contribution is 2.64. The van der Waals surface area contributed by atoms with Crippen molar-refractivity contribution in [1.29, 1.82) is 0 Å². The van der Waals surface area contributed by atoms with Gasteiger partial charge in [-0.15, -0.1) is 0 Å². The second kappa shape index (κ2) is 5.23. The number of hydrogen-bond donors (Lipinski definition) is 1. The highest BCUT2D eigenvalue weighted by atomic mass is 32.2. The Labute approximate surface area is 137 Å². The monoisotopic (exact) mass is 337 g/mol. The van der Waals surface area contributed by atoms with Crippen LogP contribution in [0.25, 0.3) is 0 Å². The number of ether oxygens (including phenoxy) is 1. The number of fused-ring (bicyclic) bond motifs is 2. The van der Waals surface area contributed by atoms with Crippen molar-refractivity contribution in [2.75, 3.05) is 17.6 Å². The fourth-order valence-corrected chi connectivity index (χ4v) is 6.22. The Morgan fingerprint density at radius 2 is 2.09 bits per heavy atom. The van der Waals surface area contributed by atoms with Crippen LogP contribution >= 0.6 is 0 Å². The standard InChI is InChI=1S/C17H23NO4S/c1-16(2)12-7-8-17(16,15(19)9-12)11-23(20,21)18-13-5-4-6-14(10-13)22-3/h4-6,10,12,18H,7-9,11H2,1-3H3/t12-,17+/m0/s1. The summed E-state index contributed by atoms with van der Waals surface area (Å²) in [7, 11) is -2.08. The number of carbonyl (C=O) groups is 1. The van der Waals surface area contributed by atoms with E-state index in [9.17, 15) is 13.2 Å². The molecule has 0 amide bonds. The average Bonchev–Trinajstić information content (AvgIpc) is 2.80. The molecule has 0 aliphatic heterocycles. The second-order valence-corrected chi connectivity index (χ2v) is 8.98. The van der Waals surface area contributed by atoms with Crippen molar-refractivity contribution in [2.45, 2.75) is 33.1 Å². The summed E-state index contributed by atoms with van der Waals surface area (Å²) in [6, 6.07) is 6.79. The van der Waals surface area contributed by atoms with Crippen molar-refractivity contribution in [3.05, 3.63) is 24.3 Å². The lowest BCUT2D eigenvalue weighted by Crippen LogP contribution is -2.43. The first kappa shape index (κ1) is 16.3. The molecule has 5 nitrogen and oxygen atoms in total. The van der Waals surface area contributed by atoms with Gasteiger partial charge in [-0.1, -0.05) is 19.9 Å². The van der Waals surface area contributed by atoms with Crippen LogP contribution in [0.1, 0.15) is 33.1 Å². The molecule has 126 valence electrons. The van der Waals surface area contributed by atoms with E-state index in [0.29, 0.717) is 30.2 Å². The SMILES string of the molecule is COc1cccc(NS(=O)(=O)C[C@]23CC[C@@H](CC2=O)C3(C)C)c1. The van der Waals surface area contributed by atoms with E-state index in [1.807, 2.05) is 13.8 Å². The van der Waals surface area contributed by atoms with Crippen LogP contribution in [0.2, 0.25) is 0 Å². The van der Waals surface area contributed by atoms with Crippen molar-refractivity contribution in [1.82, 2.24) is 0 Å².